The lowest BCUT2D eigenvalue weighted by atomic mass is 10.2. The minimum Gasteiger partial charge on any atom is -0.156 e. The van der Waals surface area contributed by atoms with E-state index in [0.29, 0.717) is 0 Å². The van der Waals surface area contributed by atoms with E-state index in [1.165, 1.54) is 27.7 Å². The van der Waals surface area contributed by atoms with Gasteiger partial charge in [-0.25, -0.2) is 0 Å². The maximum atomic E-state index is 2.24. The van der Waals surface area contributed by atoms with Crippen molar-refractivity contribution >= 4 is 23.5 Å². The Morgan fingerprint density at radius 1 is 1.09 bits per heavy atom. The van der Waals surface area contributed by atoms with E-state index in [2.05, 4.69) is 24.3 Å². The fourth-order valence-corrected chi connectivity index (χ4v) is 3.39. The molecule has 0 nitrogen and oxygen atoms in total. The second-order valence-electron chi connectivity index (χ2n) is 2.51. The molecule has 0 atom stereocenters. The first-order valence-corrected chi connectivity index (χ1v) is 5.89. The molecule has 0 unspecified atom stereocenters. The van der Waals surface area contributed by atoms with Crippen LogP contribution in [0.2, 0.25) is 0 Å². The summed E-state index contributed by atoms with van der Waals surface area (Å²) < 4.78 is 0. The van der Waals surface area contributed by atoms with Gasteiger partial charge < -0.3 is 0 Å². The second-order valence-corrected chi connectivity index (χ2v) is 4.75. The number of hydrogen-bond donors (Lipinski definition) is 0. The molecular formula is C9H10S2. The van der Waals surface area contributed by atoms with Crippen molar-refractivity contribution in [1.29, 1.82) is 0 Å². The zero-order valence-electron chi connectivity index (χ0n) is 6.25. The quantitative estimate of drug-likeness (QED) is 0.605. The molecule has 0 saturated carbocycles. The molecule has 58 valence electrons. The molecule has 1 aliphatic heterocycles. The Kier molecular flexibility index (Phi) is 2.44. The zero-order chi connectivity index (χ0) is 7.52. The normalized spacial score (nSPS) is 17.1. The van der Waals surface area contributed by atoms with Crippen LogP contribution >= 0.6 is 23.5 Å². The Morgan fingerprint density at radius 3 is 3.00 bits per heavy atom. The molecule has 0 fully saturated rings. The van der Waals surface area contributed by atoms with Crippen LogP contribution in [0, 0.1) is 0 Å². The molecule has 0 bridgehead atoms. The van der Waals surface area contributed by atoms with Gasteiger partial charge in [0.25, 0.3) is 0 Å². The van der Waals surface area contributed by atoms with Gasteiger partial charge in [-0.3, -0.25) is 0 Å². The van der Waals surface area contributed by atoms with Crippen molar-refractivity contribution in [2.75, 3.05) is 11.5 Å². The third-order valence-electron chi connectivity index (χ3n) is 1.72. The average molecular weight is 182 g/mol. The molecule has 0 aliphatic carbocycles. The molecule has 1 aromatic carbocycles. The van der Waals surface area contributed by atoms with Crippen LogP contribution < -0.4 is 0 Å². The molecule has 1 aromatic rings. The summed E-state index contributed by atoms with van der Waals surface area (Å²) in [6.07, 6.45) is 0. The van der Waals surface area contributed by atoms with Gasteiger partial charge in [-0.05, 0) is 11.6 Å². The van der Waals surface area contributed by atoms with Crippen molar-refractivity contribution in [3.05, 3.63) is 29.8 Å². The molecule has 1 aliphatic rings. The van der Waals surface area contributed by atoms with Crippen LogP contribution in [0.3, 0.4) is 0 Å². The number of hydrogen-bond acceptors (Lipinski definition) is 2. The molecule has 2 rings (SSSR count). The van der Waals surface area contributed by atoms with Gasteiger partial charge in [0.05, 0.1) is 0 Å². The molecule has 0 aromatic heterocycles. The van der Waals surface area contributed by atoms with Gasteiger partial charge in [-0.15, -0.1) is 11.8 Å². The van der Waals surface area contributed by atoms with Crippen LogP contribution in [-0.2, 0) is 5.75 Å². The third-order valence-corrected chi connectivity index (χ3v) is 4.10. The smallest absolute Gasteiger partial charge is 0.0195 e. The van der Waals surface area contributed by atoms with Crippen LogP contribution in [0.15, 0.2) is 29.2 Å². The molecule has 0 N–H and O–H groups in total. The number of fused-ring (bicyclic) bond motifs is 1. The van der Waals surface area contributed by atoms with Gasteiger partial charge in [0.2, 0.25) is 0 Å². The van der Waals surface area contributed by atoms with Crippen LogP contribution in [0.4, 0.5) is 0 Å². The summed E-state index contributed by atoms with van der Waals surface area (Å²) in [5, 5.41) is 0. The minimum absolute atomic E-state index is 1.20. The highest BCUT2D eigenvalue weighted by molar-refractivity contribution is 8.03. The number of thioether (sulfide) groups is 2. The zero-order valence-corrected chi connectivity index (χ0v) is 7.88. The molecule has 0 radical (unpaired) electrons. The van der Waals surface area contributed by atoms with Crippen LogP contribution in [-0.4, -0.2) is 11.5 Å². The van der Waals surface area contributed by atoms with Gasteiger partial charge >= 0.3 is 0 Å². The Hall–Kier alpha value is -0.0800. The molecule has 0 saturated heterocycles. The van der Waals surface area contributed by atoms with Crippen molar-refractivity contribution in [2.45, 2.75) is 10.6 Å². The first-order chi connectivity index (χ1) is 5.47. The van der Waals surface area contributed by atoms with Crippen molar-refractivity contribution in [3.63, 3.8) is 0 Å². The Labute approximate surface area is 75.8 Å². The largest absolute Gasteiger partial charge is 0.156 e. The van der Waals surface area contributed by atoms with Crippen LogP contribution in [0.25, 0.3) is 0 Å². The predicted molar refractivity (Wildman–Crippen MR) is 53.3 cm³/mol. The summed E-state index contributed by atoms with van der Waals surface area (Å²) in [5.41, 5.74) is 1.51. The second kappa shape index (κ2) is 3.55. The van der Waals surface area contributed by atoms with Gasteiger partial charge in [0.1, 0.15) is 0 Å². The van der Waals surface area contributed by atoms with E-state index in [-0.39, 0.29) is 0 Å². The summed E-state index contributed by atoms with van der Waals surface area (Å²) in [6, 6.07) is 8.72. The summed E-state index contributed by atoms with van der Waals surface area (Å²) >= 11 is 4.03. The Balaban J connectivity index is 2.33. The maximum Gasteiger partial charge on any atom is 0.0195 e. The Bertz CT molecular complexity index is 220. The Morgan fingerprint density at radius 2 is 2.00 bits per heavy atom. The molecule has 1 heterocycles. The monoisotopic (exact) mass is 182 g/mol. The lowest BCUT2D eigenvalue weighted by Crippen LogP contribution is -1.80. The van der Waals surface area contributed by atoms with Crippen LogP contribution in [0.5, 0.6) is 0 Å². The summed E-state index contributed by atoms with van der Waals surface area (Å²) in [6.45, 7) is 0. The van der Waals surface area contributed by atoms with Gasteiger partial charge in [0.15, 0.2) is 0 Å². The third kappa shape index (κ3) is 1.74. The predicted octanol–water partition coefficient (Wildman–Crippen LogP) is 3.03. The maximum absolute atomic E-state index is 2.24. The van der Waals surface area contributed by atoms with Crippen molar-refractivity contribution < 1.29 is 0 Å². The van der Waals surface area contributed by atoms with E-state index in [9.17, 15) is 0 Å². The van der Waals surface area contributed by atoms with Gasteiger partial charge in [0, 0.05) is 22.2 Å². The van der Waals surface area contributed by atoms with Crippen molar-refractivity contribution in [1.82, 2.24) is 0 Å². The highest BCUT2D eigenvalue weighted by Crippen LogP contribution is 2.30. The average Bonchev–Trinajstić information content (AvgIpc) is 2.28. The van der Waals surface area contributed by atoms with Crippen molar-refractivity contribution in [2.24, 2.45) is 0 Å². The van der Waals surface area contributed by atoms with E-state index < -0.39 is 0 Å². The standard InChI is InChI=1S/C9H10S2/c1-2-4-9-8(3-1)7-10-5-6-11-9/h1-4H,5-7H2. The molecule has 2 heteroatoms. The first kappa shape index (κ1) is 7.56. The number of rotatable bonds is 0. The topological polar surface area (TPSA) is 0 Å². The lowest BCUT2D eigenvalue weighted by Gasteiger charge is -2.01. The fourth-order valence-electron chi connectivity index (χ4n) is 1.16. The van der Waals surface area contributed by atoms with Crippen LogP contribution in [0.1, 0.15) is 5.56 Å². The van der Waals surface area contributed by atoms with Gasteiger partial charge in [-0.2, -0.15) is 11.8 Å². The molecular weight excluding hydrogens is 172 g/mol. The highest BCUT2D eigenvalue weighted by atomic mass is 32.2. The molecule has 11 heavy (non-hydrogen) atoms. The van der Waals surface area contributed by atoms with E-state index in [0.717, 1.165) is 0 Å². The first-order valence-electron chi connectivity index (χ1n) is 3.75. The fraction of sp³-hybridized carbons (Fsp3) is 0.333. The highest BCUT2D eigenvalue weighted by Gasteiger charge is 2.05. The van der Waals surface area contributed by atoms with E-state index >= 15 is 0 Å². The summed E-state index contributed by atoms with van der Waals surface area (Å²) in [4.78, 5) is 1.48. The molecule has 0 spiro atoms. The molecule has 0 amide bonds. The summed E-state index contributed by atoms with van der Waals surface area (Å²) in [5.74, 6) is 3.75. The SMILES string of the molecule is c1ccc2c(c1)CSCCS2. The van der Waals surface area contributed by atoms with Crippen molar-refractivity contribution in [3.8, 4) is 0 Å². The van der Waals surface area contributed by atoms with Gasteiger partial charge in [-0.1, -0.05) is 18.2 Å². The minimum atomic E-state index is 1.20. The summed E-state index contributed by atoms with van der Waals surface area (Å²) in [7, 11) is 0. The number of benzene rings is 1. The van der Waals surface area contributed by atoms with E-state index in [1.54, 1.807) is 0 Å². The lowest BCUT2D eigenvalue weighted by molar-refractivity contribution is 1.28. The van der Waals surface area contributed by atoms with E-state index in [1.807, 2.05) is 23.5 Å². The van der Waals surface area contributed by atoms with E-state index in [4.69, 9.17) is 0 Å².